The number of allylic oxidation sites excluding steroid dienone is 1. The van der Waals surface area contributed by atoms with Crippen molar-refractivity contribution >= 4 is 23.2 Å². The molecule has 4 rings (SSSR count). The Kier molecular flexibility index (Phi) is 7.50. The molecule has 1 fully saturated rings. The highest BCUT2D eigenvalue weighted by molar-refractivity contribution is 6.06. The molecular weight excluding hydrogens is 442 g/mol. The predicted octanol–water partition coefficient (Wildman–Crippen LogP) is 3.69. The molecule has 1 aromatic heterocycles. The van der Waals surface area contributed by atoms with Gasteiger partial charge in [-0.2, -0.15) is 5.10 Å². The minimum Gasteiger partial charge on any atom is -0.381 e. The molecule has 2 aliphatic heterocycles. The number of anilines is 1. The van der Waals surface area contributed by atoms with Crippen LogP contribution in [0.4, 0.5) is 5.69 Å². The number of amides is 2. The summed E-state index contributed by atoms with van der Waals surface area (Å²) in [6, 6.07) is 4.45. The lowest BCUT2D eigenvalue weighted by molar-refractivity contribution is -0.120. The number of nitrogens with zero attached hydrogens (tertiary/aromatic N) is 4. The number of hydrogen-bond donors (Lipinski definition) is 1. The van der Waals surface area contributed by atoms with Gasteiger partial charge in [-0.05, 0) is 69.9 Å². The molecule has 0 bridgehead atoms. The van der Waals surface area contributed by atoms with Crippen molar-refractivity contribution < 1.29 is 14.3 Å². The Hall–Kier alpha value is -3.26. The van der Waals surface area contributed by atoms with E-state index in [1.165, 1.54) is 0 Å². The minimum atomic E-state index is -0.432. The lowest BCUT2D eigenvalue weighted by atomic mass is 9.94. The van der Waals surface area contributed by atoms with Gasteiger partial charge in [-0.25, -0.2) is 4.99 Å². The van der Waals surface area contributed by atoms with Crippen molar-refractivity contribution in [1.82, 2.24) is 15.1 Å². The number of hydrogen-bond acceptors (Lipinski definition) is 5. The summed E-state index contributed by atoms with van der Waals surface area (Å²) >= 11 is 0. The van der Waals surface area contributed by atoms with Gasteiger partial charge in [0.1, 0.15) is 0 Å². The molecule has 8 heteroatoms. The Morgan fingerprint density at radius 3 is 2.57 bits per heavy atom. The highest BCUT2D eigenvalue weighted by Gasteiger charge is 2.27. The monoisotopic (exact) mass is 477 g/mol. The second-order valence-electron chi connectivity index (χ2n) is 9.44. The summed E-state index contributed by atoms with van der Waals surface area (Å²) in [5.41, 5.74) is 6.11. The highest BCUT2D eigenvalue weighted by Crippen LogP contribution is 2.33. The smallest absolute Gasteiger partial charge is 0.254 e. The largest absolute Gasteiger partial charge is 0.381 e. The first kappa shape index (κ1) is 24.9. The Morgan fingerprint density at radius 2 is 1.94 bits per heavy atom. The maximum atomic E-state index is 13.5. The van der Waals surface area contributed by atoms with Crippen molar-refractivity contribution in [3.05, 3.63) is 47.3 Å². The molecule has 0 radical (unpaired) electrons. The fourth-order valence-corrected chi connectivity index (χ4v) is 5.04. The Labute approximate surface area is 207 Å². The third kappa shape index (κ3) is 5.37. The Balaban J connectivity index is 1.67. The van der Waals surface area contributed by atoms with Crippen LogP contribution in [-0.2, 0) is 16.6 Å². The lowest BCUT2D eigenvalue weighted by Gasteiger charge is -2.37. The van der Waals surface area contributed by atoms with Gasteiger partial charge in [0.25, 0.3) is 11.8 Å². The number of rotatable bonds is 7. The molecule has 3 heterocycles. The van der Waals surface area contributed by atoms with Crippen molar-refractivity contribution in [2.24, 2.45) is 18.0 Å². The van der Waals surface area contributed by atoms with Crippen LogP contribution in [0, 0.1) is 12.8 Å². The second-order valence-corrected chi connectivity index (χ2v) is 9.44. The Bertz CT molecular complexity index is 1170. The zero-order valence-corrected chi connectivity index (χ0v) is 21.3. The molecule has 1 N–H and O–H groups in total. The van der Waals surface area contributed by atoms with Gasteiger partial charge in [-0.1, -0.05) is 5.57 Å². The number of aromatic nitrogens is 2. The summed E-state index contributed by atoms with van der Waals surface area (Å²) in [5.74, 6) is -0.830. The van der Waals surface area contributed by atoms with Crippen LogP contribution < -0.4 is 10.2 Å². The van der Waals surface area contributed by atoms with E-state index in [0.717, 1.165) is 60.6 Å². The van der Waals surface area contributed by atoms with Crippen LogP contribution in [-0.4, -0.2) is 59.7 Å². The van der Waals surface area contributed by atoms with E-state index in [9.17, 15) is 9.59 Å². The number of carbonyl (C=O) groups excluding carboxylic acids is 2. The molecular formula is C27H35N5O3. The van der Waals surface area contributed by atoms with Gasteiger partial charge in [0.2, 0.25) is 0 Å². The van der Waals surface area contributed by atoms with Crippen LogP contribution in [0.15, 0.2) is 41.2 Å². The maximum Gasteiger partial charge on any atom is 0.254 e. The third-order valence-corrected chi connectivity index (χ3v) is 6.98. The van der Waals surface area contributed by atoms with Gasteiger partial charge in [0, 0.05) is 68.1 Å². The molecule has 186 valence electrons. The third-order valence-electron chi connectivity index (χ3n) is 6.98. The van der Waals surface area contributed by atoms with E-state index in [0.29, 0.717) is 17.3 Å². The topological polar surface area (TPSA) is 88.8 Å². The van der Waals surface area contributed by atoms with E-state index in [1.807, 2.05) is 52.4 Å². The van der Waals surface area contributed by atoms with Crippen LogP contribution in [0.5, 0.6) is 0 Å². The summed E-state index contributed by atoms with van der Waals surface area (Å²) in [6.45, 7) is 10.4. The average Bonchev–Trinajstić information content (AvgIpc) is 3.26. The van der Waals surface area contributed by atoms with Gasteiger partial charge in [0.05, 0.1) is 12.1 Å². The SMILES string of the molecule is CCN(c1cc(-c2cnn(C)c2)cc(C(=O)NCC2C(=O)N=C(C)C=C2C)c1C)C1CCOCC1. The number of ether oxygens (including phenoxy) is 1. The molecule has 1 atom stereocenters. The van der Waals surface area contributed by atoms with Gasteiger partial charge in [-0.3, -0.25) is 14.3 Å². The van der Waals surface area contributed by atoms with E-state index >= 15 is 0 Å². The Morgan fingerprint density at radius 1 is 1.20 bits per heavy atom. The first-order valence-electron chi connectivity index (χ1n) is 12.3. The summed E-state index contributed by atoms with van der Waals surface area (Å²) in [7, 11) is 1.88. The highest BCUT2D eigenvalue weighted by atomic mass is 16.5. The molecule has 0 aliphatic carbocycles. The molecule has 1 saturated heterocycles. The summed E-state index contributed by atoms with van der Waals surface area (Å²) < 4.78 is 7.35. The number of carbonyl (C=O) groups is 2. The number of aliphatic imine (C=N–C) groups is 1. The summed E-state index contributed by atoms with van der Waals surface area (Å²) in [5, 5.41) is 7.33. The molecule has 8 nitrogen and oxygen atoms in total. The molecule has 0 saturated carbocycles. The normalized spacial score (nSPS) is 18.8. The minimum absolute atomic E-state index is 0.190. The fraction of sp³-hybridized carbons (Fsp3) is 0.481. The zero-order valence-electron chi connectivity index (χ0n) is 21.3. The standard InChI is InChI=1S/C27H35N5O3/c1-6-32(22-7-9-35-10-8-22)25-13-20(21-14-29-31(5)16-21)12-23(19(25)4)26(33)28-15-24-17(2)11-18(3)30-27(24)34/h11-14,16,22,24H,6-10,15H2,1-5H3,(H,28,33). The maximum absolute atomic E-state index is 13.5. The van der Waals surface area contributed by atoms with Crippen LogP contribution in [0.3, 0.4) is 0 Å². The first-order chi connectivity index (χ1) is 16.8. The van der Waals surface area contributed by atoms with Crippen LogP contribution >= 0.6 is 0 Å². The van der Waals surface area contributed by atoms with Crippen LogP contribution in [0.25, 0.3) is 11.1 Å². The van der Waals surface area contributed by atoms with E-state index in [2.05, 4.69) is 33.3 Å². The molecule has 2 aliphatic rings. The van der Waals surface area contributed by atoms with Crippen molar-refractivity contribution in [2.75, 3.05) is 31.2 Å². The van der Waals surface area contributed by atoms with Crippen LogP contribution in [0.1, 0.15) is 49.5 Å². The predicted molar refractivity (Wildman–Crippen MR) is 138 cm³/mol. The number of nitrogens with one attached hydrogen (secondary N) is 1. The van der Waals surface area contributed by atoms with Crippen LogP contribution in [0.2, 0.25) is 0 Å². The van der Waals surface area contributed by atoms with Gasteiger partial charge >= 0.3 is 0 Å². The summed E-state index contributed by atoms with van der Waals surface area (Å²) in [6.07, 6.45) is 7.59. The summed E-state index contributed by atoms with van der Waals surface area (Å²) in [4.78, 5) is 32.4. The fourth-order valence-electron chi connectivity index (χ4n) is 5.04. The molecule has 2 aromatic rings. The van der Waals surface area contributed by atoms with E-state index in [1.54, 1.807) is 4.68 Å². The number of benzene rings is 1. The molecule has 0 spiro atoms. The molecule has 1 aromatic carbocycles. The van der Waals surface area contributed by atoms with Crippen molar-refractivity contribution in [1.29, 1.82) is 0 Å². The van der Waals surface area contributed by atoms with Gasteiger partial charge < -0.3 is 15.0 Å². The molecule has 2 amide bonds. The van der Waals surface area contributed by atoms with Crippen molar-refractivity contribution in [2.45, 2.75) is 46.6 Å². The van der Waals surface area contributed by atoms with E-state index in [4.69, 9.17) is 4.74 Å². The lowest BCUT2D eigenvalue weighted by Crippen LogP contribution is -2.40. The van der Waals surface area contributed by atoms with Gasteiger partial charge in [0.15, 0.2) is 0 Å². The first-order valence-corrected chi connectivity index (χ1v) is 12.3. The zero-order chi connectivity index (χ0) is 25.1. The second kappa shape index (κ2) is 10.6. The van der Waals surface area contributed by atoms with Crippen molar-refractivity contribution in [3.63, 3.8) is 0 Å². The number of dihydropyridines is 1. The quantitative estimate of drug-likeness (QED) is 0.657. The van der Waals surface area contributed by atoms with E-state index < -0.39 is 5.92 Å². The molecule has 35 heavy (non-hydrogen) atoms. The van der Waals surface area contributed by atoms with E-state index in [-0.39, 0.29) is 18.4 Å². The van der Waals surface area contributed by atoms with Gasteiger partial charge in [-0.15, -0.1) is 0 Å². The van der Waals surface area contributed by atoms with Crippen molar-refractivity contribution in [3.8, 4) is 11.1 Å². The average molecular weight is 478 g/mol. The molecule has 1 unspecified atom stereocenters. The number of aryl methyl sites for hydroxylation is 1.